The maximum Gasteiger partial charge on any atom is 0.0907 e. The molecule has 1 heterocycles. The third-order valence-electron chi connectivity index (χ3n) is 3.01. The Morgan fingerprint density at radius 3 is 2.62 bits per heavy atom. The van der Waals surface area contributed by atoms with Crippen LogP contribution in [-0.4, -0.2) is 22.1 Å². The van der Waals surface area contributed by atoms with E-state index in [2.05, 4.69) is 15.3 Å². The van der Waals surface area contributed by atoms with Crippen molar-refractivity contribution in [2.45, 2.75) is 24.9 Å². The summed E-state index contributed by atoms with van der Waals surface area (Å²) >= 11 is 0. The van der Waals surface area contributed by atoms with Gasteiger partial charge in [0.2, 0.25) is 0 Å². The molecule has 0 aliphatic heterocycles. The topological polar surface area (TPSA) is 63.8 Å². The molecule has 0 spiro atoms. The van der Waals surface area contributed by atoms with E-state index in [0.29, 0.717) is 12.1 Å². The molecular weight excluding hydrogens is 200 g/mol. The molecule has 0 unspecified atom stereocenters. The molecule has 0 radical (unpaired) electrons. The monoisotopic (exact) mass is 214 g/mol. The van der Waals surface area contributed by atoms with Crippen LogP contribution < -0.4 is 11.1 Å². The van der Waals surface area contributed by atoms with E-state index >= 15 is 0 Å². The Bertz CT molecular complexity index is 505. The Hall–Kier alpha value is -1.68. The number of fused-ring (bicyclic) bond motifs is 1. The molecule has 0 saturated heterocycles. The van der Waals surface area contributed by atoms with Crippen LogP contribution in [0.1, 0.15) is 12.8 Å². The molecule has 1 fully saturated rings. The van der Waals surface area contributed by atoms with Crippen molar-refractivity contribution in [3.05, 3.63) is 30.6 Å². The van der Waals surface area contributed by atoms with Gasteiger partial charge in [0.15, 0.2) is 0 Å². The molecular formula is C12H14N4. The van der Waals surface area contributed by atoms with Crippen LogP contribution in [0.2, 0.25) is 0 Å². The normalized spacial score (nSPS) is 24.1. The first-order chi connectivity index (χ1) is 7.81. The third-order valence-corrected chi connectivity index (χ3v) is 3.01. The number of hydrogen-bond acceptors (Lipinski definition) is 4. The van der Waals surface area contributed by atoms with E-state index < -0.39 is 0 Å². The van der Waals surface area contributed by atoms with E-state index in [0.717, 1.165) is 29.6 Å². The Morgan fingerprint density at radius 1 is 1.12 bits per heavy atom. The first-order valence-corrected chi connectivity index (χ1v) is 5.54. The van der Waals surface area contributed by atoms with Gasteiger partial charge in [-0.1, -0.05) is 0 Å². The quantitative estimate of drug-likeness (QED) is 0.795. The predicted octanol–water partition coefficient (Wildman–Crippen LogP) is 1.53. The highest BCUT2D eigenvalue weighted by atomic mass is 15.0. The zero-order valence-corrected chi connectivity index (χ0v) is 8.93. The fraction of sp³-hybridized carbons (Fsp3) is 0.333. The third kappa shape index (κ3) is 1.72. The van der Waals surface area contributed by atoms with Gasteiger partial charge in [0, 0.05) is 30.2 Å². The van der Waals surface area contributed by atoms with Gasteiger partial charge in [0.25, 0.3) is 0 Å². The second-order valence-corrected chi connectivity index (χ2v) is 4.33. The highest BCUT2D eigenvalue weighted by Crippen LogP contribution is 2.23. The molecule has 1 saturated carbocycles. The maximum absolute atomic E-state index is 5.75. The molecule has 3 N–H and O–H groups in total. The van der Waals surface area contributed by atoms with Gasteiger partial charge in [0.05, 0.1) is 11.0 Å². The van der Waals surface area contributed by atoms with E-state index in [1.807, 2.05) is 18.2 Å². The van der Waals surface area contributed by atoms with Crippen molar-refractivity contribution in [3.8, 4) is 0 Å². The lowest BCUT2D eigenvalue weighted by molar-refractivity contribution is 0.374. The summed E-state index contributed by atoms with van der Waals surface area (Å²) in [6.07, 6.45) is 5.53. The van der Waals surface area contributed by atoms with E-state index in [1.165, 1.54) is 0 Å². The lowest BCUT2D eigenvalue weighted by Crippen LogP contribution is -2.44. The van der Waals surface area contributed by atoms with Crippen molar-refractivity contribution in [2.24, 2.45) is 5.73 Å². The van der Waals surface area contributed by atoms with Crippen molar-refractivity contribution in [1.82, 2.24) is 9.97 Å². The summed E-state index contributed by atoms with van der Waals surface area (Å²) in [4.78, 5) is 8.52. The summed E-state index contributed by atoms with van der Waals surface area (Å²) in [7, 11) is 0. The first kappa shape index (κ1) is 9.54. The van der Waals surface area contributed by atoms with Crippen molar-refractivity contribution < 1.29 is 0 Å². The second kappa shape index (κ2) is 3.72. The van der Waals surface area contributed by atoms with Crippen LogP contribution in [0.3, 0.4) is 0 Å². The van der Waals surface area contributed by atoms with Crippen LogP contribution in [-0.2, 0) is 0 Å². The van der Waals surface area contributed by atoms with E-state index in [-0.39, 0.29) is 0 Å². The van der Waals surface area contributed by atoms with Crippen LogP contribution in [0.5, 0.6) is 0 Å². The Morgan fingerprint density at radius 2 is 1.88 bits per heavy atom. The summed E-state index contributed by atoms with van der Waals surface area (Å²) in [5.74, 6) is 0. The van der Waals surface area contributed by atoms with Crippen molar-refractivity contribution in [2.75, 3.05) is 5.32 Å². The Labute approximate surface area is 93.9 Å². The van der Waals surface area contributed by atoms with Gasteiger partial charge in [0.1, 0.15) is 0 Å². The number of hydrogen-bond donors (Lipinski definition) is 2. The molecule has 1 aromatic carbocycles. The van der Waals surface area contributed by atoms with E-state index in [9.17, 15) is 0 Å². The number of aromatic nitrogens is 2. The van der Waals surface area contributed by atoms with E-state index in [1.54, 1.807) is 12.4 Å². The summed E-state index contributed by atoms with van der Waals surface area (Å²) in [6, 6.07) is 6.96. The molecule has 0 amide bonds. The Kier molecular flexibility index (Phi) is 2.22. The van der Waals surface area contributed by atoms with Gasteiger partial charge >= 0.3 is 0 Å². The lowest BCUT2D eigenvalue weighted by atomic mass is 9.87. The average Bonchev–Trinajstić information content (AvgIpc) is 2.27. The average molecular weight is 214 g/mol. The molecule has 1 aromatic heterocycles. The minimum Gasteiger partial charge on any atom is -0.382 e. The highest BCUT2D eigenvalue weighted by molar-refractivity contribution is 5.78. The second-order valence-electron chi connectivity index (χ2n) is 4.33. The fourth-order valence-electron chi connectivity index (χ4n) is 2.07. The zero-order chi connectivity index (χ0) is 11.0. The van der Waals surface area contributed by atoms with Gasteiger partial charge in [-0.05, 0) is 31.0 Å². The minimum absolute atomic E-state index is 0.373. The smallest absolute Gasteiger partial charge is 0.0907 e. The van der Waals surface area contributed by atoms with Crippen LogP contribution >= 0.6 is 0 Å². The maximum atomic E-state index is 5.75. The minimum atomic E-state index is 0.373. The number of nitrogens with one attached hydrogen (secondary N) is 1. The van der Waals surface area contributed by atoms with Crippen LogP contribution in [0, 0.1) is 0 Å². The van der Waals surface area contributed by atoms with Crippen LogP contribution in [0.15, 0.2) is 30.6 Å². The van der Waals surface area contributed by atoms with Gasteiger partial charge in [-0.3, -0.25) is 9.97 Å². The molecule has 4 nitrogen and oxygen atoms in total. The van der Waals surface area contributed by atoms with Gasteiger partial charge in [-0.15, -0.1) is 0 Å². The largest absolute Gasteiger partial charge is 0.382 e. The lowest BCUT2D eigenvalue weighted by Gasteiger charge is -2.33. The van der Waals surface area contributed by atoms with Crippen LogP contribution in [0.4, 0.5) is 5.69 Å². The SMILES string of the molecule is NC1CC(Nc2ccc3nccnc3c2)C1. The molecule has 82 valence electrons. The molecule has 2 aromatic rings. The molecule has 1 aliphatic carbocycles. The molecule has 0 atom stereocenters. The molecule has 1 aliphatic rings. The number of benzene rings is 1. The highest BCUT2D eigenvalue weighted by Gasteiger charge is 2.25. The molecule has 0 bridgehead atoms. The number of nitrogens with zero attached hydrogens (tertiary/aromatic N) is 2. The van der Waals surface area contributed by atoms with Crippen molar-refractivity contribution in [1.29, 1.82) is 0 Å². The van der Waals surface area contributed by atoms with Crippen molar-refractivity contribution >= 4 is 16.7 Å². The summed E-state index contributed by atoms with van der Waals surface area (Å²) in [6.45, 7) is 0. The van der Waals surface area contributed by atoms with Gasteiger partial charge in [-0.25, -0.2) is 0 Å². The summed E-state index contributed by atoms with van der Waals surface area (Å²) in [5, 5.41) is 3.45. The molecule has 4 heteroatoms. The summed E-state index contributed by atoms with van der Waals surface area (Å²) in [5.41, 5.74) is 8.71. The standard InChI is InChI=1S/C12H14N4/c13-8-5-10(6-8)16-9-1-2-11-12(7-9)15-4-3-14-11/h1-4,7-8,10,16H,5-6,13H2. The molecule has 3 rings (SSSR count). The number of rotatable bonds is 2. The Balaban J connectivity index is 1.82. The van der Waals surface area contributed by atoms with Gasteiger partial charge in [-0.2, -0.15) is 0 Å². The fourth-order valence-corrected chi connectivity index (χ4v) is 2.07. The molecule has 16 heavy (non-hydrogen) atoms. The van der Waals surface area contributed by atoms with Gasteiger partial charge < -0.3 is 11.1 Å². The number of nitrogens with two attached hydrogens (primary N) is 1. The zero-order valence-electron chi connectivity index (χ0n) is 8.93. The van der Waals surface area contributed by atoms with Crippen LogP contribution in [0.25, 0.3) is 11.0 Å². The summed E-state index contributed by atoms with van der Waals surface area (Å²) < 4.78 is 0. The van der Waals surface area contributed by atoms with Crippen molar-refractivity contribution in [3.63, 3.8) is 0 Å². The predicted molar refractivity (Wildman–Crippen MR) is 64.2 cm³/mol. The van der Waals surface area contributed by atoms with E-state index in [4.69, 9.17) is 5.73 Å². The number of anilines is 1. The first-order valence-electron chi connectivity index (χ1n) is 5.54.